The van der Waals surface area contributed by atoms with Crippen LogP contribution in [-0.2, 0) is 20.1 Å². The summed E-state index contributed by atoms with van der Waals surface area (Å²) in [5, 5.41) is 9.13. The van der Waals surface area contributed by atoms with Gasteiger partial charge in [-0.2, -0.15) is 0 Å². The molecule has 1 heterocycles. The largest absolute Gasteiger partial charge is 0.493 e. The third-order valence-electron chi connectivity index (χ3n) is 2.91. The Morgan fingerprint density at radius 1 is 1.32 bits per heavy atom. The van der Waals surface area contributed by atoms with Crippen LogP contribution in [0, 0.1) is 0 Å². The molecule has 2 rings (SSSR count). The summed E-state index contributed by atoms with van der Waals surface area (Å²) in [6.45, 7) is 0.496. The van der Waals surface area contributed by atoms with Gasteiger partial charge < -0.3 is 19.1 Å². The van der Waals surface area contributed by atoms with Crippen molar-refractivity contribution < 1.29 is 14.6 Å². The molecule has 0 spiro atoms. The number of aliphatic hydroxyl groups is 1. The molecule has 0 bridgehead atoms. The fourth-order valence-electron chi connectivity index (χ4n) is 1.82. The molecule has 0 unspecified atom stereocenters. The minimum absolute atomic E-state index is 0.0142. The normalized spacial score (nSPS) is 10.5. The molecule has 0 atom stereocenters. The molecule has 102 valence electrons. The monoisotopic (exact) mass is 262 g/mol. The van der Waals surface area contributed by atoms with Gasteiger partial charge in [0.25, 0.3) is 0 Å². The van der Waals surface area contributed by atoms with Crippen LogP contribution in [0.15, 0.2) is 30.6 Å². The number of aryl methyl sites for hydroxylation is 1. The number of hydrogen-bond acceptors (Lipinski definition) is 4. The predicted molar refractivity (Wildman–Crippen MR) is 71.3 cm³/mol. The van der Waals surface area contributed by atoms with Crippen LogP contribution >= 0.6 is 0 Å². The Morgan fingerprint density at radius 2 is 2.16 bits per heavy atom. The van der Waals surface area contributed by atoms with Gasteiger partial charge in [-0.25, -0.2) is 4.98 Å². The average Bonchev–Trinajstić information content (AvgIpc) is 2.84. The number of imidazole rings is 1. The molecule has 0 aliphatic rings. The van der Waals surface area contributed by atoms with Crippen LogP contribution in [0.5, 0.6) is 11.5 Å². The molecular weight excluding hydrogens is 244 g/mol. The van der Waals surface area contributed by atoms with Gasteiger partial charge in [0.05, 0.1) is 20.3 Å². The second-order valence-electron chi connectivity index (χ2n) is 4.20. The van der Waals surface area contributed by atoms with E-state index in [1.54, 1.807) is 25.4 Å². The van der Waals surface area contributed by atoms with Crippen LogP contribution in [0.2, 0.25) is 0 Å². The van der Waals surface area contributed by atoms with E-state index in [-0.39, 0.29) is 6.61 Å². The maximum atomic E-state index is 9.13. The Balaban J connectivity index is 2.00. The van der Waals surface area contributed by atoms with Gasteiger partial charge in [0.2, 0.25) is 0 Å². The van der Waals surface area contributed by atoms with E-state index in [0.29, 0.717) is 18.1 Å². The van der Waals surface area contributed by atoms with E-state index in [1.807, 2.05) is 23.9 Å². The quantitative estimate of drug-likeness (QED) is 0.858. The molecular formula is C14H18N2O3. The summed E-state index contributed by atoms with van der Waals surface area (Å²) < 4.78 is 12.9. The van der Waals surface area contributed by atoms with Crippen molar-refractivity contribution in [3.8, 4) is 11.5 Å². The second kappa shape index (κ2) is 6.24. The molecule has 5 nitrogen and oxygen atoms in total. The lowest BCUT2D eigenvalue weighted by molar-refractivity contribution is 0.275. The maximum Gasteiger partial charge on any atom is 0.161 e. The lowest BCUT2D eigenvalue weighted by Gasteiger charge is -2.11. The van der Waals surface area contributed by atoms with E-state index in [4.69, 9.17) is 14.6 Å². The summed E-state index contributed by atoms with van der Waals surface area (Å²) in [6, 6.07) is 5.39. The van der Waals surface area contributed by atoms with Gasteiger partial charge >= 0.3 is 0 Å². The Morgan fingerprint density at radius 3 is 2.79 bits per heavy atom. The van der Waals surface area contributed by atoms with Crippen LogP contribution < -0.4 is 9.47 Å². The van der Waals surface area contributed by atoms with Gasteiger partial charge in [0.1, 0.15) is 5.82 Å². The molecule has 0 amide bonds. The van der Waals surface area contributed by atoms with Crippen molar-refractivity contribution in [1.29, 1.82) is 0 Å². The summed E-state index contributed by atoms with van der Waals surface area (Å²) >= 11 is 0. The van der Waals surface area contributed by atoms with Crippen molar-refractivity contribution in [3.63, 3.8) is 0 Å². The molecule has 0 fully saturated rings. The molecule has 5 heteroatoms. The van der Waals surface area contributed by atoms with E-state index in [0.717, 1.165) is 17.8 Å². The maximum absolute atomic E-state index is 9.13. The standard InChI is InChI=1S/C14H18N2O3/c1-16-7-6-15-14(16)5-8-19-13-9-11(10-17)3-4-12(13)18-2/h3-4,6-7,9,17H,5,8,10H2,1-2H3. The van der Waals surface area contributed by atoms with Gasteiger partial charge in [-0.1, -0.05) is 6.07 Å². The number of ether oxygens (including phenoxy) is 2. The number of benzene rings is 1. The highest BCUT2D eigenvalue weighted by atomic mass is 16.5. The third-order valence-corrected chi connectivity index (χ3v) is 2.91. The van der Waals surface area contributed by atoms with Crippen molar-refractivity contribution in [2.45, 2.75) is 13.0 Å². The predicted octanol–water partition coefficient (Wildman–Crippen LogP) is 1.54. The summed E-state index contributed by atoms with van der Waals surface area (Å²) in [5.41, 5.74) is 0.799. The van der Waals surface area contributed by atoms with Crippen molar-refractivity contribution in [2.75, 3.05) is 13.7 Å². The molecule has 2 aromatic rings. The smallest absolute Gasteiger partial charge is 0.161 e. The number of aromatic nitrogens is 2. The van der Waals surface area contributed by atoms with Gasteiger partial charge in [-0.05, 0) is 17.7 Å². The molecule has 0 saturated heterocycles. The number of rotatable bonds is 6. The van der Waals surface area contributed by atoms with E-state index < -0.39 is 0 Å². The molecule has 0 aliphatic carbocycles. The zero-order chi connectivity index (χ0) is 13.7. The van der Waals surface area contributed by atoms with Crippen molar-refractivity contribution in [1.82, 2.24) is 9.55 Å². The molecule has 1 N–H and O–H groups in total. The van der Waals surface area contributed by atoms with E-state index in [1.165, 1.54) is 0 Å². The third kappa shape index (κ3) is 3.26. The summed E-state index contributed by atoms with van der Waals surface area (Å²) in [6.07, 6.45) is 4.39. The number of aliphatic hydroxyl groups excluding tert-OH is 1. The Bertz CT molecular complexity index is 537. The highest BCUT2D eigenvalue weighted by molar-refractivity contribution is 5.42. The topological polar surface area (TPSA) is 56.5 Å². The lowest BCUT2D eigenvalue weighted by atomic mass is 10.2. The van der Waals surface area contributed by atoms with Crippen LogP contribution in [0.1, 0.15) is 11.4 Å². The fourth-order valence-corrected chi connectivity index (χ4v) is 1.82. The SMILES string of the molecule is COc1ccc(CO)cc1OCCc1nccn1C. The van der Waals surface area contributed by atoms with Crippen molar-refractivity contribution in [2.24, 2.45) is 7.05 Å². The molecule has 0 aliphatic heterocycles. The van der Waals surface area contributed by atoms with Crippen LogP contribution in [0.25, 0.3) is 0 Å². The highest BCUT2D eigenvalue weighted by Gasteiger charge is 2.06. The van der Waals surface area contributed by atoms with Crippen molar-refractivity contribution >= 4 is 0 Å². The first-order chi connectivity index (χ1) is 9.24. The zero-order valence-electron chi connectivity index (χ0n) is 11.2. The van der Waals surface area contributed by atoms with E-state index in [9.17, 15) is 0 Å². The number of nitrogens with zero attached hydrogens (tertiary/aromatic N) is 2. The molecule has 0 radical (unpaired) electrons. The Kier molecular flexibility index (Phi) is 4.41. The Hall–Kier alpha value is -2.01. The summed E-state index contributed by atoms with van der Waals surface area (Å²) in [7, 11) is 3.55. The zero-order valence-corrected chi connectivity index (χ0v) is 11.2. The minimum atomic E-state index is -0.0142. The average molecular weight is 262 g/mol. The van der Waals surface area contributed by atoms with E-state index in [2.05, 4.69) is 4.98 Å². The lowest BCUT2D eigenvalue weighted by Crippen LogP contribution is -2.07. The van der Waals surface area contributed by atoms with Crippen LogP contribution in [0.4, 0.5) is 0 Å². The van der Waals surface area contributed by atoms with Gasteiger partial charge in [0, 0.05) is 25.9 Å². The first-order valence-corrected chi connectivity index (χ1v) is 6.11. The molecule has 1 aromatic carbocycles. The molecule has 19 heavy (non-hydrogen) atoms. The number of hydrogen-bond donors (Lipinski definition) is 1. The van der Waals surface area contributed by atoms with Crippen LogP contribution in [0.3, 0.4) is 0 Å². The van der Waals surface area contributed by atoms with Gasteiger partial charge in [-0.15, -0.1) is 0 Å². The summed E-state index contributed by atoms with van der Waals surface area (Å²) in [5.74, 6) is 2.28. The van der Waals surface area contributed by atoms with Crippen molar-refractivity contribution in [3.05, 3.63) is 42.0 Å². The van der Waals surface area contributed by atoms with Gasteiger partial charge in [0.15, 0.2) is 11.5 Å². The minimum Gasteiger partial charge on any atom is -0.493 e. The van der Waals surface area contributed by atoms with Gasteiger partial charge in [-0.3, -0.25) is 0 Å². The van der Waals surface area contributed by atoms with Crippen LogP contribution in [-0.4, -0.2) is 28.4 Å². The molecule has 1 aromatic heterocycles. The second-order valence-corrected chi connectivity index (χ2v) is 4.20. The molecule has 0 saturated carbocycles. The summed E-state index contributed by atoms with van der Waals surface area (Å²) in [4.78, 5) is 4.23. The first-order valence-electron chi connectivity index (χ1n) is 6.11. The Labute approximate surface area is 112 Å². The number of methoxy groups -OCH3 is 1. The first kappa shape index (κ1) is 13.4. The highest BCUT2D eigenvalue weighted by Crippen LogP contribution is 2.28. The fraction of sp³-hybridized carbons (Fsp3) is 0.357. The van der Waals surface area contributed by atoms with E-state index >= 15 is 0 Å².